The van der Waals surface area contributed by atoms with Crippen LogP contribution in [0.15, 0.2) is 60.7 Å². The predicted molar refractivity (Wildman–Crippen MR) is 121 cm³/mol. The molecular weight excluding hydrogens is 430 g/mol. The summed E-state index contributed by atoms with van der Waals surface area (Å²) in [6.07, 6.45) is 0. The molecule has 0 saturated carbocycles. The van der Waals surface area contributed by atoms with Gasteiger partial charge in [0, 0.05) is 16.7 Å². The normalized spacial score (nSPS) is 18.7. The smallest absolute Gasteiger partial charge is 0.278 e. The molecular formula is C24H20ClN3O4. The second-order valence-corrected chi connectivity index (χ2v) is 8.05. The van der Waals surface area contributed by atoms with E-state index in [4.69, 9.17) is 21.1 Å². The van der Waals surface area contributed by atoms with Gasteiger partial charge in [-0.1, -0.05) is 41.9 Å². The largest absolute Gasteiger partial charge is 0.493 e. The van der Waals surface area contributed by atoms with E-state index in [-0.39, 0.29) is 11.8 Å². The maximum Gasteiger partial charge on any atom is 0.278 e. The van der Waals surface area contributed by atoms with E-state index in [1.807, 2.05) is 36.4 Å². The first-order valence-electron chi connectivity index (χ1n) is 9.99. The number of anilines is 2. The molecule has 2 aliphatic rings. The van der Waals surface area contributed by atoms with Crippen LogP contribution >= 0.6 is 11.6 Å². The molecule has 2 amide bonds. The molecule has 0 radical (unpaired) electrons. The molecule has 2 heterocycles. The molecule has 0 aliphatic carbocycles. The number of hydrogen-bond donors (Lipinski definition) is 2. The zero-order chi connectivity index (χ0) is 22.5. The molecule has 5 rings (SSSR count). The molecule has 0 saturated heterocycles. The van der Waals surface area contributed by atoms with E-state index in [1.54, 1.807) is 29.2 Å². The van der Waals surface area contributed by atoms with E-state index in [0.717, 1.165) is 11.3 Å². The number of fused-ring (bicyclic) bond motifs is 3. The Morgan fingerprint density at radius 3 is 2.34 bits per heavy atom. The van der Waals surface area contributed by atoms with Crippen molar-refractivity contribution in [2.45, 2.75) is 12.2 Å². The fraction of sp³-hybridized carbons (Fsp3) is 0.167. The van der Waals surface area contributed by atoms with Crippen molar-refractivity contribution in [3.63, 3.8) is 0 Å². The molecule has 32 heavy (non-hydrogen) atoms. The van der Waals surface area contributed by atoms with Gasteiger partial charge in [0.2, 0.25) is 5.66 Å². The zero-order valence-electron chi connectivity index (χ0n) is 17.4. The second-order valence-electron chi connectivity index (χ2n) is 7.62. The fourth-order valence-electron chi connectivity index (χ4n) is 4.27. The Morgan fingerprint density at radius 1 is 0.938 bits per heavy atom. The van der Waals surface area contributed by atoms with E-state index in [1.165, 1.54) is 14.2 Å². The van der Waals surface area contributed by atoms with Gasteiger partial charge in [-0.2, -0.15) is 0 Å². The molecule has 0 bridgehead atoms. The number of ether oxygens (including phenoxy) is 2. The van der Waals surface area contributed by atoms with E-state index in [2.05, 4.69) is 10.6 Å². The van der Waals surface area contributed by atoms with E-state index in [9.17, 15) is 9.59 Å². The Kier molecular flexibility index (Phi) is 4.71. The molecule has 2 N–H and O–H groups in total. The van der Waals surface area contributed by atoms with Crippen LogP contribution in [0, 0.1) is 0 Å². The minimum Gasteiger partial charge on any atom is -0.493 e. The summed E-state index contributed by atoms with van der Waals surface area (Å²) < 4.78 is 10.7. The van der Waals surface area contributed by atoms with Crippen LogP contribution < -0.4 is 25.0 Å². The first-order chi connectivity index (χ1) is 15.5. The molecule has 1 atom stereocenters. The third-order valence-corrected chi connectivity index (χ3v) is 6.06. The van der Waals surface area contributed by atoms with Crippen molar-refractivity contribution in [2.24, 2.45) is 0 Å². The number of rotatable bonds is 4. The van der Waals surface area contributed by atoms with Crippen LogP contribution in [-0.4, -0.2) is 26.0 Å². The topological polar surface area (TPSA) is 79.9 Å². The Balaban J connectivity index is 1.60. The molecule has 7 nitrogen and oxygen atoms in total. The monoisotopic (exact) mass is 449 g/mol. The second kappa shape index (κ2) is 7.46. The Hall–Kier alpha value is -3.71. The highest BCUT2D eigenvalue weighted by atomic mass is 35.5. The third kappa shape index (κ3) is 2.97. The lowest BCUT2D eigenvalue weighted by molar-refractivity contribution is -0.123. The predicted octanol–water partition coefficient (Wildman–Crippen LogP) is 3.91. The summed E-state index contributed by atoms with van der Waals surface area (Å²) in [6, 6.07) is 18.0. The van der Waals surface area contributed by atoms with Crippen molar-refractivity contribution in [2.75, 3.05) is 24.4 Å². The van der Waals surface area contributed by atoms with Gasteiger partial charge in [0.05, 0.1) is 37.7 Å². The number of benzene rings is 3. The zero-order valence-corrected chi connectivity index (χ0v) is 18.2. The molecule has 2 aliphatic heterocycles. The lowest BCUT2D eigenvalue weighted by atomic mass is 9.95. The molecule has 3 aromatic carbocycles. The number of para-hydroxylation sites is 1. The summed E-state index contributed by atoms with van der Waals surface area (Å²) >= 11 is 6.01. The minimum absolute atomic E-state index is 0.276. The molecule has 8 heteroatoms. The molecule has 1 spiro atoms. The van der Waals surface area contributed by atoms with E-state index >= 15 is 0 Å². The number of nitrogens with zero attached hydrogens (tertiary/aromatic N) is 1. The van der Waals surface area contributed by atoms with Gasteiger partial charge in [-0.3, -0.25) is 9.59 Å². The van der Waals surface area contributed by atoms with Crippen LogP contribution in [0.2, 0.25) is 5.02 Å². The summed E-state index contributed by atoms with van der Waals surface area (Å²) in [7, 11) is 3.03. The SMILES string of the molecule is COc1cc2c(cc1OC)C(=O)N[C@]1(N2)C(=O)N(Cc2ccc(Cl)cc2)c2ccccc21. The highest BCUT2D eigenvalue weighted by Crippen LogP contribution is 2.45. The standard InChI is InChI=1S/C24H20ClN3O4/c1-31-20-11-16-18(12-21(20)32-2)26-24(27-22(16)29)17-5-3-4-6-19(17)28(23(24)30)13-14-7-9-15(25)10-8-14/h3-12,26H,13H2,1-2H3,(H,27,29)/t24-/m0/s1. The number of carbonyl (C=O) groups is 2. The quantitative estimate of drug-likeness (QED) is 0.631. The van der Waals surface area contributed by atoms with Gasteiger partial charge < -0.3 is 25.0 Å². The van der Waals surface area contributed by atoms with Crippen LogP contribution in [0.25, 0.3) is 0 Å². The van der Waals surface area contributed by atoms with Crippen molar-refractivity contribution in [3.05, 3.63) is 82.4 Å². The maximum atomic E-state index is 13.8. The molecule has 0 unspecified atom stereocenters. The first-order valence-corrected chi connectivity index (χ1v) is 10.4. The average molecular weight is 450 g/mol. The Bertz CT molecular complexity index is 1240. The molecule has 162 valence electrons. The van der Waals surface area contributed by atoms with Gasteiger partial charge in [-0.05, 0) is 29.8 Å². The minimum atomic E-state index is -1.42. The summed E-state index contributed by atoms with van der Waals surface area (Å²) in [5, 5.41) is 6.81. The van der Waals surface area contributed by atoms with Gasteiger partial charge in [0.15, 0.2) is 11.5 Å². The number of methoxy groups -OCH3 is 2. The average Bonchev–Trinajstić information content (AvgIpc) is 3.02. The van der Waals surface area contributed by atoms with Gasteiger partial charge in [0.25, 0.3) is 11.8 Å². The first kappa shape index (κ1) is 20.2. The van der Waals surface area contributed by atoms with Crippen LogP contribution in [0.1, 0.15) is 21.5 Å². The Labute approximate surface area is 189 Å². The molecule has 0 aromatic heterocycles. The summed E-state index contributed by atoms with van der Waals surface area (Å²) in [5.74, 6) is 0.237. The summed E-state index contributed by atoms with van der Waals surface area (Å²) in [6.45, 7) is 0.338. The number of halogens is 1. The number of nitrogens with one attached hydrogen (secondary N) is 2. The van der Waals surface area contributed by atoms with Crippen LogP contribution in [0.4, 0.5) is 11.4 Å². The number of carbonyl (C=O) groups excluding carboxylic acids is 2. The highest BCUT2D eigenvalue weighted by molar-refractivity contribution is 6.30. The van der Waals surface area contributed by atoms with Crippen molar-refractivity contribution in [3.8, 4) is 11.5 Å². The van der Waals surface area contributed by atoms with Crippen LogP contribution in [0.5, 0.6) is 11.5 Å². The van der Waals surface area contributed by atoms with Gasteiger partial charge >= 0.3 is 0 Å². The maximum absolute atomic E-state index is 13.8. The van der Waals surface area contributed by atoms with Crippen molar-refractivity contribution >= 4 is 34.8 Å². The molecule has 0 fully saturated rings. The third-order valence-electron chi connectivity index (χ3n) is 5.81. The van der Waals surface area contributed by atoms with Crippen LogP contribution in [-0.2, 0) is 17.0 Å². The Morgan fingerprint density at radius 2 is 1.62 bits per heavy atom. The van der Waals surface area contributed by atoms with Crippen molar-refractivity contribution in [1.29, 1.82) is 0 Å². The van der Waals surface area contributed by atoms with Gasteiger partial charge in [-0.25, -0.2) is 0 Å². The van der Waals surface area contributed by atoms with E-state index < -0.39 is 5.66 Å². The summed E-state index contributed by atoms with van der Waals surface area (Å²) in [4.78, 5) is 28.6. The number of amides is 2. The summed E-state index contributed by atoms with van der Waals surface area (Å²) in [5.41, 5.74) is 1.75. The van der Waals surface area contributed by atoms with Gasteiger partial charge in [-0.15, -0.1) is 0 Å². The molecule has 3 aromatic rings. The van der Waals surface area contributed by atoms with E-state index in [0.29, 0.717) is 39.9 Å². The van der Waals surface area contributed by atoms with Gasteiger partial charge in [0.1, 0.15) is 0 Å². The van der Waals surface area contributed by atoms with Crippen molar-refractivity contribution < 1.29 is 19.1 Å². The fourth-order valence-corrected chi connectivity index (χ4v) is 4.39. The highest BCUT2D eigenvalue weighted by Gasteiger charge is 2.54. The lowest BCUT2D eigenvalue weighted by Gasteiger charge is -2.36. The number of hydrogen-bond acceptors (Lipinski definition) is 5. The van der Waals surface area contributed by atoms with Crippen molar-refractivity contribution in [1.82, 2.24) is 5.32 Å². The van der Waals surface area contributed by atoms with Crippen LogP contribution in [0.3, 0.4) is 0 Å². The lowest BCUT2D eigenvalue weighted by Crippen LogP contribution is -2.60.